The Morgan fingerprint density at radius 1 is 1.00 bits per heavy atom. The van der Waals surface area contributed by atoms with Gasteiger partial charge >= 0.3 is 5.97 Å². The Bertz CT molecular complexity index is 795. The maximum atomic E-state index is 10.7. The van der Waals surface area contributed by atoms with Gasteiger partial charge in [-0.2, -0.15) is 0 Å². The zero-order chi connectivity index (χ0) is 18.4. The maximum absolute atomic E-state index is 10.7. The molecule has 1 heterocycles. The number of nitrogens with zero attached hydrogens (tertiary/aromatic N) is 1. The molecule has 0 spiro atoms. The topological polar surface area (TPSA) is 40.5 Å². The van der Waals surface area contributed by atoms with E-state index in [1.54, 1.807) is 6.08 Å². The van der Waals surface area contributed by atoms with Crippen LogP contribution < -0.4 is 0 Å². The van der Waals surface area contributed by atoms with Crippen LogP contribution in [-0.4, -0.2) is 35.6 Å². The predicted molar refractivity (Wildman–Crippen MR) is 107 cm³/mol. The fraction of sp³-hybridized carbons (Fsp3) is 0.261. The Hall–Kier alpha value is -2.65. The minimum Gasteiger partial charge on any atom is -0.478 e. The normalized spacial score (nSPS) is 15.7. The highest BCUT2D eigenvalue weighted by molar-refractivity contribution is 5.85. The van der Waals surface area contributed by atoms with Crippen molar-refractivity contribution in [3.63, 3.8) is 0 Å². The van der Waals surface area contributed by atoms with Crippen LogP contribution in [0.15, 0.2) is 60.7 Å². The number of rotatable bonds is 6. The number of aliphatic carboxylic acids is 1. The first-order valence-corrected chi connectivity index (χ1v) is 9.13. The number of aryl methyl sites for hydroxylation is 1. The van der Waals surface area contributed by atoms with Crippen molar-refractivity contribution in [1.29, 1.82) is 0 Å². The van der Waals surface area contributed by atoms with Crippen LogP contribution in [0, 0.1) is 6.92 Å². The molecule has 0 radical (unpaired) electrons. The standard InChI is InChI=1S/C23H25NO2/c1-18-4-9-20(10-5-18)22(14-17-24-15-2-3-16-24)21-11-6-19(7-12-21)8-13-23(25)26/h4-14H,2-3,15-17H2,1H3,(H,25,26)/b13-8+,22-14?. The maximum Gasteiger partial charge on any atom is 0.328 e. The quantitative estimate of drug-likeness (QED) is 0.775. The lowest BCUT2D eigenvalue weighted by molar-refractivity contribution is -0.131. The lowest BCUT2D eigenvalue weighted by Gasteiger charge is -2.15. The van der Waals surface area contributed by atoms with Crippen LogP contribution in [0.3, 0.4) is 0 Å². The highest BCUT2D eigenvalue weighted by Gasteiger charge is 2.11. The summed E-state index contributed by atoms with van der Waals surface area (Å²) in [5, 5.41) is 8.76. The van der Waals surface area contributed by atoms with Gasteiger partial charge in [-0.3, -0.25) is 4.90 Å². The second kappa shape index (κ2) is 8.63. The van der Waals surface area contributed by atoms with Gasteiger partial charge in [0.05, 0.1) is 0 Å². The van der Waals surface area contributed by atoms with E-state index in [4.69, 9.17) is 5.11 Å². The van der Waals surface area contributed by atoms with E-state index >= 15 is 0 Å². The van der Waals surface area contributed by atoms with E-state index < -0.39 is 5.97 Å². The molecule has 0 atom stereocenters. The highest BCUT2D eigenvalue weighted by atomic mass is 16.4. The van der Waals surface area contributed by atoms with E-state index in [9.17, 15) is 4.79 Å². The molecule has 2 aromatic carbocycles. The molecule has 1 N–H and O–H groups in total. The van der Waals surface area contributed by atoms with Gasteiger partial charge in [-0.1, -0.05) is 60.2 Å². The number of carbonyl (C=O) groups is 1. The van der Waals surface area contributed by atoms with Crippen LogP contribution in [0.1, 0.15) is 35.1 Å². The number of hydrogen-bond acceptors (Lipinski definition) is 2. The van der Waals surface area contributed by atoms with E-state index in [1.807, 2.05) is 12.1 Å². The summed E-state index contributed by atoms with van der Waals surface area (Å²) >= 11 is 0. The number of likely N-dealkylation sites (tertiary alicyclic amines) is 1. The molecule has 0 saturated carbocycles. The fourth-order valence-electron chi connectivity index (χ4n) is 3.26. The Morgan fingerprint density at radius 3 is 2.15 bits per heavy atom. The monoisotopic (exact) mass is 347 g/mol. The van der Waals surface area contributed by atoms with Crippen molar-refractivity contribution >= 4 is 17.6 Å². The average molecular weight is 347 g/mol. The van der Waals surface area contributed by atoms with Crippen LogP contribution in [0.4, 0.5) is 0 Å². The van der Waals surface area contributed by atoms with E-state index in [0.717, 1.165) is 17.7 Å². The Morgan fingerprint density at radius 2 is 1.58 bits per heavy atom. The van der Waals surface area contributed by atoms with Crippen molar-refractivity contribution < 1.29 is 9.90 Å². The van der Waals surface area contributed by atoms with Crippen molar-refractivity contribution in [2.75, 3.05) is 19.6 Å². The Kier molecular flexibility index (Phi) is 6.03. The first kappa shape index (κ1) is 18.2. The first-order chi connectivity index (χ1) is 12.6. The largest absolute Gasteiger partial charge is 0.478 e. The van der Waals surface area contributed by atoms with Crippen molar-refractivity contribution in [2.45, 2.75) is 19.8 Å². The summed E-state index contributed by atoms with van der Waals surface area (Å²) in [6.45, 7) is 5.41. The van der Waals surface area contributed by atoms with Crippen molar-refractivity contribution in [2.24, 2.45) is 0 Å². The summed E-state index contributed by atoms with van der Waals surface area (Å²) in [6, 6.07) is 16.7. The lowest BCUT2D eigenvalue weighted by Crippen LogP contribution is -2.19. The fourth-order valence-corrected chi connectivity index (χ4v) is 3.26. The molecule has 1 aliphatic rings. The van der Waals surface area contributed by atoms with E-state index in [-0.39, 0.29) is 0 Å². The first-order valence-electron chi connectivity index (χ1n) is 9.13. The number of hydrogen-bond donors (Lipinski definition) is 1. The minimum absolute atomic E-state index is 0.888. The van der Waals surface area contributed by atoms with Gasteiger partial charge in [0.15, 0.2) is 0 Å². The summed E-state index contributed by atoms with van der Waals surface area (Å²) in [5.41, 5.74) is 5.73. The minimum atomic E-state index is -0.931. The van der Waals surface area contributed by atoms with E-state index in [2.05, 4.69) is 54.3 Å². The third-order valence-corrected chi connectivity index (χ3v) is 4.75. The van der Waals surface area contributed by atoms with Crippen LogP contribution >= 0.6 is 0 Å². The zero-order valence-corrected chi connectivity index (χ0v) is 15.2. The van der Waals surface area contributed by atoms with Crippen LogP contribution in [-0.2, 0) is 4.79 Å². The molecule has 0 amide bonds. The molecule has 3 nitrogen and oxygen atoms in total. The summed E-state index contributed by atoms with van der Waals surface area (Å²) < 4.78 is 0. The molecule has 1 aliphatic heterocycles. The van der Waals surface area contributed by atoms with Crippen LogP contribution in [0.2, 0.25) is 0 Å². The SMILES string of the molecule is Cc1ccc(C(=CCN2CCCC2)c2ccc(/C=C/C(=O)O)cc2)cc1. The number of carboxylic acids is 1. The molecular weight excluding hydrogens is 322 g/mol. The van der Waals surface area contributed by atoms with Crippen molar-refractivity contribution in [3.8, 4) is 0 Å². The van der Waals surface area contributed by atoms with Gasteiger partial charge in [0.25, 0.3) is 0 Å². The molecular formula is C23H25NO2. The van der Waals surface area contributed by atoms with Gasteiger partial charge in [-0.15, -0.1) is 0 Å². The van der Waals surface area contributed by atoms with Gasteiger partial charge in [-0.25, -0.2) is 4.79 Å². The highest BCUT2D eigenvalue weighted by Crippen LogP contribution is 2.25. The molecule has 1 fully saturated rings. The van der Waals surface area contributed by atoms with Gasteiger partial charge in [0.2, 0.25) is 0 Å². The van der Waals surface area contributed by atoms with Gasteiger partial charge < -0.3 is 5.11 Å². The summed E-state index contributed by atoms with van der Waals surface area (Å²) in [6.07, 6.45) is 7.68. The third-order valence-electron chi connectivity index (χ3n) is 4.75. The molecule has 134 valence electrons. The smallest absolute Gasteiger partial charge is 0.328 e. The average Bonchev–Trinajstić information content (AvgIpc) is 3.16. The summed E-state index contributed by atoms with van der Waals surface area (Å²) in [5.74, 6) is -0.931. The molecule has 0 aromatic heterocycles. The number of carboxylic acid groups (broad SMARTS) is 1. The van der Waals surface area contributed by atoms with Gasteiger partial charge in [0, 0.05) is 12.6 Å². The summed E-state index contributed by atoms with van der Waals surface area (Å²) in [4.78, 5) is 13.2. The molecule has 0 aliphatic carbocycles. The molecule has 0 bridgehead atoms. The van der Waals surface area contributed by atoms with Crippen molar-refractivity contribution in [3.05, 3.63) is 82.9 Å². The Balaban J connectivity index is 1.87. The zero-order valence-electron chi connectivity index (χ0n) is 15.2. The molecule has 0 unspecified atom stereocenters. The Labute approximate surface area is 155 Å². The molecule has 1 saturated heterocycles. The molecule has 3 heteroatoms. The van der Waals surface area contributed by atoms with Crippen molar-refractivity contribution in [1.82, 2.24) is 4.90 Å². The number of benzene rings is 2. The van der Waals surface area contributed by atoms with Crippen LogP contribution in [0.25, 0.3) is 11.6 Å². The second-order valence-electron chi connectivity index (χ2n) is 6.79. The molecule has 3 rings (SSSR count). The second-order valence-corrected chi connectivity index (χ2v) is 6.79. The molecule has 26 heavy (non-hydrogen) atoms. The van der Waals surface area contributed by atoms with Gasteiger partial charge in [0.1, 0.15) is 0 Å². The summed E-state index contributed by atoms with van der Waals surface area (Å²) in [7, 11) is 0. The third kappa shape index (κ3) is 4.93. The lowest BCUT2D eigenvalue weighted by atomic mass is 9.96. The van der Waals surface area contributed by atoms with Crippen LogP contribution in [0.5, 0.6) is 0 Å². The predicted octanol–water partition coefficient (Wildman–Crippen LogP) is 4.62. The van der Waals surface area contributed by atoms with Gasteiger partial charge in [-0.05, 0) is 61.2 Å². The molecule has 2 aromatic rings. The van der Waals surface area contributed by atoms with E-state index in [0.29, 0.717) is 0 Å². The van der Waals surface area contributed by atoms with E-state index in [1.165, 1.54) is 48.7 Å².